The maximum Gasteiger partial charge on any atom is 0.311 e. The molecular formula is C27H29N3O3S. The van der Waals surface area contributed by atoms with E-state index in [9.17, 15) is 9.90 Å². The van der Waals surface area contributed by atoms with Gasteiger partial charge in [-0.1, -0.05) is 24.3 Å². The highest BCUT2D eigenvalue weighted by atomic mass is 32.1. The summed E-state index contributed by atoms with van der Waals surface area (Å²) in [4.78, 5) is 18.7. The lowest BCUT2D eigenvalue weighted by Gasteiger charge is -2.21. The van der Waals surface area contributed by atoms with Crippen LogP contribution in [0.4, 0.5) is 5.13 Å². The molecule has 0 amide bonds. The Hall–Kier alpha value is -2.90. The number of fused-ring (bicyclic) bond motifs is 2. The molecule has 1 aromatic heterocycles. The largest absolute Gasteiger partial charge is 0.488 e. The summed E-state index contributed by atoms with van der Waals surface area (Å²) in [6, 6.07) is 10.7. The Balaban J connectivity index is 1.23. The number of thiazole rings is 1. The minimum Gasteiger partial charge on any atom is -0.488 e. The third-order valence-electron chi connectivity index (χ3n) is 7.70. The smallest absolute Gasteiger partial charge is 0.311 e. The number of aryl methyl sites for hydroxylation is 2. The minimum absolute atomic E-state index is 0.256. The molecule has 3 aliphatic rings. The van der Waals surface area contributed by atoms with Gasteiger partial charge in [-0.05, 0) is 73.0 Å². The maximum atomic E-state index is 11.7. The van der Waals surface area contributed by atoms with Gasteiger partial charge >= 0.3 is 5.97 Å². The summed E-state index contributed by atoms with van der Waals surface area (Å²) < 4.78 is 6.42. The molecule has 0 bridgehead atoms. The fourth-order valence-corrected chi connectivity index (χ4v) is 6.50. The Bertz CT molecular complexity index is 1290. The number of benzene rings is 2. The van der Waals surface area contributed by atoms with E-state index in [4.69, 9.17) is 9.72 Å². The van der Waals surface area contributed by atoms with Crippen molar-refractivity contribution in [3.8, 4) is 17.0 Å². The Morgan fingerprint density at radius 2 is 2.21 bits per heavy atom. The average Bonchev–Trinajstić information content (AvgIpc) is 3.17. The highest BCUT2D eigenvalue weighted by Gasteiger charge is 2.65. The quantitative estimate of drug-likeness (QED) is 0.544. The van der Waals surface area contributed by atoms with Gasteiger partial charge in [0.15, 0.2) is 5.13 Å². The van der Waals surface area contributed by atoms with E-state index in [1.54, 1.807) is 11.3 Å². The van der Waals surface area contributed by atoms with Crippen LogP contribution in [-0.4, -0.2) is 35.7 Å². The van der Waals surface area contributed by atoms with E-state index in [-0.39, 0.29) is 5.92 Å². The molecule has 2 atom stereocenters. The number of nitrogens with one attached hydrogen (secondary N) is 1. The Labute approximate surface area is 203 Å². The van der Waals surface area contributed by atoms with Crippen molar-refractivity contribution in [2.24, 2.45) is 11.3 Å². The molecule has 2 aliphatic heterocycles. The van der Waals surface area contributed by atoms with Gasteiger partial charge in [-0.3, -0.25) is 4.79 Å². The van der Waals surface area contributed by atoms with Crippen molar-refractivity contribution >= 4 is 22.4 Å². The number of carbonyl (C=O) groups is 1. The number of hydrogen-bond acceptors (Lipinski definition) is 6. The number of nitrogens with zero attached hydrogens (tertiary/aromatic N) is 2. The lowest BCUT2D eigenvalue weighted by molar-refractivity contribution is -0.143. The van der Waals surface area contributed by atoms with Crippen molar-refractivity contribution < 1.29 is 14.6 Å². The summed E-state index contributed by atoms with van der Waals surface area (Å²) in [7, 11) is 0. The van der Waals surface area contributed by atoms with Crippen molar-refractivity contribution in [3.63, 3.8) is 0 Å². The summed E-state index contributed by atoms with van der Waals surface area (Å²) in [5, 5.41) is 16.0. The number of para-hydroxylation sites is 1. The van der Waals surface area contributed by atoms with Crippen LogP contribution >= 0.6 is 11.3 Å². The molecule has 1 saturated heterocycles. The van der Waals surface area contributed by atoms with E-state index >= 15 is 0 Å². The van der Waals surface area contributed by atoms with Crippen molar-refractivity contribution in [2.75, 3.05) is 24.5 Å². The normalized spacial score (nSPS) is 22.9. The van der Waals surface area contributed by atoms with Crippen LogP contribution in [0.15, 0.2) is 35.7 Å². The second-order valence-electron chi connectivity index (χ2n) is 9.98. The van der Waals surface area contributed by atoms with E-state index in [1.165, 1.54) is 22.3 Å². The molecule has 6 rings (SSSR count). The van der Waals surface area contributed by atoms with Crippen molar-refractivity contribution in [1.82, 2.24) is 10.3 Å². The summed E-state index contributed by atoms with van der Waals surface area (Å²) in [6.45, 7) is 8.08. The number of anilines is 1. The van der Waals surface area contributed by atoms with Crippen molar-refractivity contribution in [3.05, 3.63) is 63.5 Å². The lowest BCUT2D eigenvalue weighted by atomic mass is 9.94. The zero-order valence-corrected chi connectivity index (χ0v) is 20.4. The predicted octanol–water partition coefficient (Wildman–Crippen LogP) is 4.56. The van der Waals surface area contributed by atoms with Crippen LogP contribution in [0.3, 0.4) is 0 Å². The molecular weight excluding hydrogens is 446 g/mol. The fraction of sp³-hybridized carbons (Fsp3) is 0.407. The van der Waals surface area contributed by atoms with Gasteiger partial charge in [0.2, 0.25) is 0 Å². The number of rotatable bonds is 6. The van der Waals surface area contributed by atoms with Crippen LogP contribution in [0.1, 0.15) is 34.2 Å². The first-order chi connectivity index (χ1) is 16.4. The van der Waals surface area contributed by atoms with Crippen LogP contribution in [0.2, 0.25) is 0 Å². The van der Waals surface area contributed by atoms with Crippen LogP contribution < -0.4 is 15.0 Å². The summed E-state index contributed by atoms with van der Waals surface area (Å²) in [5.74, 6) is 0.452. The van der Waals surface area contributed by atoms with Crippen LogP contribution in [0, 0.1) is 25.2 Å². The van der Waals surface area contributed by atoms with Gasteiger partial charge in [-0.2, -0.15) is 0 Å². The highest BCUT2D eigenvalue weighted by Crippen LogP contribution is 2.58. The topological polar surface area (TPSA) is 74.7 Å². The molecule has 2 fully saturated rings. The molecule has 1 saturated carbocycles. The van der Waals surface area contributed by atoms with Crippen LogP contribution in [0.25, 0.3) is 11.3 Å². The SMILES string of the molecule is Cc1cc(COc2c(C)cccc2-c2csc(N3C[C@@H]4C[C@]4(C(=O)O)C3)n2)cc2c1CNCC2. The maximum absolute atomic E-state index is 11.7. The summed E-state index contributed by atoms with van der Waals surface area (Å²) in [6.07, 6.45) is 1.85. The Morgan fingerprint density at radius 1 is 1.32 bits per heavy atom. The molecule has 0 radical (unpaired) electrons. The van der Waals surface area contributed by atoms with Gasteiger partial charge in [0.25, 0.3) is 0 Å². The molecule has 6 nitrogen and oxygen atoms in total. The molecule has 2 N–H and O–H groups in total. The zero-order valence-electron chi connectivity index (χ0n) is 19.6. The summed E-state index contributed by atoms with van der Waals surface area (Å²) >= 11 is 1.58. The average molecular weight is 476 g/mol. The number of aliphatic carboxylic acids is 1. The number of carboxylic acids is 1. The van der Waals surface area contributed by atoms with Gasteiger partial charge < -0.3 is 20.1 Å². The molecule has 1 aliphatic carbocycles. The second-order valence-corrected chi connectivity index (χ2v) is 10.8. The molecule has 34 heavy (non-hydrogen) atoms. The molecule has 176 valence electrons. The van der Waals surface area contributed by atoms with Crippen LogP contribution in [0.5, 0.6) is 5.75 Å². The van der Waals surface area contributed by atoms with Crippen molar-refractivity contribution in [1.29, 1.82) is 0 Å². The number of hydrogen-bond donors (Lipinski definition) is 2. The zero-order chi connectivity index (χ0) is 23.4. The minimum atomic E-state index is -0.667. The van der Waals surface area contributed by atoms with E-state index in [0.29, 0.717) is 13.2 Å². The fourth-order valence-electron chi connectivity index (χ4n) is 5.66. The Morgan fingerprint density at radius 3 is 3.03 bits per heavy atom. The summed E-state index contributed by atoms with van der Waals surface area (Å²) in [5.41, 5.74) is 7.77. The van der Waals surface area contributed by atoms with Gasteiger partial charge in [-0.15, -0.1) is 11.3 Å². The van der Waals surface area contributed by atoms with Gasteiger partial charge in [0, 0.05) is 30.6 Å². The first-order valence-corrected chi connectivity index (χ1v) is 12.8. The Kier molecular flexibility index (Phi) is 5.15. The first-order valence-electron chi connectivity index (χ1n) is 11.9. The highest BCUT2D eigenvalue weighted by molar-refractivity contribution is 7.14. The molecule has 2 aromatic carbocycles. The number of carboxylic acid groups (broad SMARTS) is 1. The van der Waals surface area contributed by atoms with Gasteiger partial charge in [0.05, 0.1) is 11.1 Å². The molecule has 7 heteroatoms. The monoisotopic (exact) mass is 475 g/mol. The molecule has 3 aromatic rings. The number of ether oxygens (including phenoxy) is 1. The molecule has 0 spiro atoms. The predicted molar refractivity (Wildman–Crippen MR) is 134 cm³/mol. The second kappa shape index (κ2) is 8.10. The number of aromatic nitrogens is 1. The standard InChI is InChI=1S/C27H29N3O3S/c1-16-4-3-5-21(23-14-34-26(29-23)30-12-20-10-27(20,15-30)25(31)32)24(16)33-13-18-8-17(2)22-11-28-7-6-19(22)9-18/h3-5,8-9,14,20,28H,6-7,10-13,15H2,1-2H3,(H,31,32)/t20-,27-/m0/s1. The number of piperidine rings is 1. The molecule has 0 unspecified atom stereocenters. The van der Waals surface area contributed by atoms with E-state index in [2.05, 4.69) is 53.7 Å². The lowest BCUT2D eigenvalue weighted by Crippen LogP contribution is -2.28. The van der Waals surface area contributed by atoms with E-state index in [1.807, 2.05) is 6.07 Å². The third-order valence-corrected chi connectivity index (χ3v) is 8.60. The van der Waals surface area contributed by atoms with E-state index in [0.717, 1.165) is 60.2 Å². The first kappa shape index (κ1) is 21.6. The van der Waals surface area contributed by atoms with Crippen LogP contribution in [-0.2, 0) is 24.4 Å². The van der Waals surface area contributed by atoms with Crippen molar-refractivity contribution in [2.45, 2.75) is 39.8 Å². The van der Waals surface area contributed by atoms with Gasteiger partial charge in [0.1, 0.15) is 12.4 Å². The van der Waals surface area contributed by atoms with E-state index < -0.39 is 11.4 Å². The van der Waals surface area contributed by atoms with Gasteiger partial charge in [-0.25, -0.2) is 4.98 Å². The third kappa shape index (κ3) is 3.58. The molecule has 3 heterocycles.